The minimum absolute atomic E-state index is 0.207. The van der Waals surface area contributed by atoms with Crippen molar-refractivity contribution in [2.24, 2.45) is 7.05 Å². The zero-order chi connectivity index (χ0) is 15.4. The van der Waals surface area contributed by atoms with E-state index in [9.17, 15) is 9.90 Å². The van der Waals surface area contributed by atoms with Crippen LogP contribution in [0.5, 0.6) is 0 Å². The predicted octanol–water partition coefficient (Wildman–Crippen LogP) is 2.14. The topological polar surface area (TPSA) is 70.4 Å². The van der Waals surface area contributed by atoms with Gasteiger partial charge in [0, 0.05) is 31.5 Å². The molecule has 2 rings (SSSR count). The first-order valence-corrected chi connectivity index (χ1v) is 6.73. The van der Waals surface area contributed by atoms with Crippen LogP contribution in [0.25, 0.3) is 0 Å². The van der Waals surface area contributed by atoms with Crippen LogP contribution < -0.4 is 5.32 Å². The van der Waals surface area contributed by atoms with Crippen LogP contribution in [0.3, 0.4) is 0 Å². The van der Waals surface area contributed by atoms with Gasteiger partial charge in [-0.2, -0.15) is 5.10 Å². The van der Waals surface area contributed by atoms with E-state index in [1.807, 2.05) is 19.3 Å². The average molecular weight is 288 g/mol. The number of urea groups is 1. The number of benzene rings is 1. The minimum Gasteiger partial charge on any atom is -0.389 e. The molecule has 2 aromatic rings. The summed E-state index contributed by atoms with van der Waals surface area (Å²) >= 11 is 0. The summed E-state index contributed by atoms with van der Waals surface area (Å²) in [5.74, 6) is 0. The molecule has 0 aliphatic heterocycles. The summed E-state index contributed by atoms with van der Waals surface area (Å²) < 4.78 is 1.70. The molecule has 1 heterocycles. The van der Waals surface area contributed by atoms with Crippen LogP contribution in [0.1, 0.15) is 24.2 Å². The van der Waals surface area contributed by atoms with E-state index in [4.69, 9.17) is 0 Å². The summed E-state index contributed by atoms with van der Waals surface area (Å²) in [5.41, 5.74) is 2.40. The Hall–Kier alpha value is -2.34. The number of rotatable bonds is 4. The van der Waals surface area contributed by atoms with Crippen molar-refractivity contribution in [1.29, 1.82) is 0 Å². The van der Waals surface area contributed by atoms with E-state index in [1.165, 1.54) is 0 Å². The number of nitrogens with zero attached hydrogens (tertiary/aromatic N) is 3. The van der Waals surface area contributed by atoms with Gasteiger partial charge in [-0.15, -0.1) is 0 Å². The highest BCUT2D eigenvalue weighted by Gasteiger charge is 2.11. The van der Waals surface area contributed by atoms with Crippen LogP contribution in [0.2, 0.25) is 0 Å². The van der Waals surface area contributed by atoms with Gasteiger partial charge in [-0.25, -0.2) is 4.79 Å². The van der Waals surface area contributed by atoms with Gasteiger partial charge < -0.3 is 15.3 Å². The molecule has 0 bridgehead atoms. The largest absolute Gasteiger partial charge is 0.389 e. The first kappa shape index (κ1) is 15.1. The average Bonchev–Trinajstić information content (AvgIpc) is 2.84. The second-order valence-corrected chi connectivity index (χ2v) is 5.11. The molecule has 0 spiro atoms. The number of aliphatic hydroxyl groups excluding tert-OH is 1. The Labute approximate surface area is 124 Å². The molecule has 1 aromatic heterocycles. The molecule has 1 atom stereocenters. The van der Waals surface area contributed by atoms with Crippen molar-refractivity contribution in [3.05, 3.63) is 47.8 Å². The fraction of sp³-hybridized carbons (Fsp3) is 0.333. The van der Waals surface area contributed by atoms with E-state index in [1.54, 1.807) is 47.9 Å². The van der Waals surface area contributed by atoms with Crippen LogP contribution in [-0.4, -0.2) is 32.9 Å². The summed E-state index contributed by atoms with van der Waals surface area (Å²) in [6.45, 7) is 2.17. The van der Waals surface area contributed by atoms with E-state index >= 15 is 0 Å². The van der Waals surface area contributed by atoms with Gasteiger partial charge in [0.2, 0.25) is 0 Å². The standard InChI is InChI=1S/C15H20N4O2/c1-11(20)13-5-4-6-14(7-13)17-15(21)18(2)9-12-8-16-19(3)10-12/h4-8,10-11,20H,9H2,1-3H3,(H,17,21). The number of carbonyl (C=O) groups is 1. The number of nitrogens with one attached hydrogen (secondary N) is 1. The number of hydrogen-bond acceptors (Lipinski definition) is 3. The molecule has 1 aromatic carbocycles. The molecule has 0 saturated heterocycles. The maximum atomic E-state index is 12.1. The lowest BCUT2D eigenvalue weighted by atomic mass is 10.1. The Morgan fingerprint density at radius 3 is 2.90 bits per heavy atom. The Morgan fingerprint density at radius 2 is 2.29 bits per heavy atom. The first-order valence-electron chi connectivity index (χ1n) is 6.73. The maximum absolute atomic E-state index is 12.1. The molecule has 21 heavy (non-hydrogen) atoms. The van der Waals surface area contributed by atoms with Crippen molar-refractivity contribution in [3.63, 3.8) is 0 Å². The van der Waals surface area contributed by atoms with E-state index in [2.05, 4.69) is 10.4 Å². The van der Waals surface area contributed by atoms with Crippen molar-refractivity contribution in [1.82, 2.24) is 14.7 Å². The molecule has 2 amide bonds. The fourth-order valence-electron chi connectivity index (χ4n) is 1.99. The Balaban J connectivity index is 1.98. The molecule has 6 nitrogen and oxygen atoms in total. The third-order valence-electron chi connectivity index (χ3n) is 3.15. The highest BCUT2D eigenvalue weighted by Crippen LogP contribution is 2.17. The molecule has 6 heteroatoms. The summed E-state index contributed by atoms with van der Waals surface area (Å²) in [4.78, 5) is 13.7. The van der Waals surface area contributed by atoms with Crippen LogP contribution in [0, 0.1) is 0 Å². The molecule has 2 N–H and O–H groups in total. The Morgan fingerprint density at radius 1 is 1.52 bits per heavy atom. The van der Waals surface area contributed by atoms with Crippen LogP contribution in [-0.2, 0) is 13.6 Å². The van der Waals surface area contributed by atoms with Gasteiger partial charge >= 0.3 is 6.03 Å². The second-order valence-electron chi connectivity index (χ2n) is 5.11. The zero-order valence-electron chi connectivity index (χ0n) is 12.4. The van der Waals surface area contributed by atoms with Crippen LogP contribution in [0.15, 0.2) is 36.7 Å². The number of aromatic nitrogens is 2. The highest BCUT2D eigenvalue weighted by molar-refractivity contribution is 5.89. The van der Waals surface area contributed by atoms with Crippen molar-refractivity contribution >= 4 is 11.7 Å². The van der Waals surface area contributed by atoms with Gasteiger partial charge in [0.1, 0.15) is 0 Å². The fourth-order valence-corrected chi connectivity index (χ4v) is 1.99. The summed E-state index contributed by atoms with van der Waals surface area (Å²) in [6.07, 6.45) is 3.05. The van der Waals surface area contributed by atoms with E-state index in [0.717, 1.165) is 11.1 Å². The summed E-state index contributed by atoms with van der Waals surface area (Å²) in [5, 5.41) is 16.4. The summed E-state index contributed by atoms with van der Waals surface area (Å²) in [6, 6.07) is 6.97. The minimum atomic E-state index is -0.560. The number of aliphatic hydroxyl groups is 1. The lowest BCUT2D eigenvalue weighted by Crippen LogP contribution is -2.30. The Bertz CT molecular complexity index is 622. The Kier molecular flexibility index (Phi) is 4.59. The molecule has 0 aliphatic carbocycles. The highest BCUT2D eigenvalue weighted by atomic mass is 16.3. The summed E-state index contributed by atoms with van der Waals surface area (Å²) in [7, 11) is 3.56. The molecule has 1 unspecified atom stereocenters. The van der Waals surface area contributed by atoms with Crippen LogP contribution in [0.4, 0.5) is 10.5 Å². The third-order valence-corrected chi connectivity index (χ3v) is 3.15. The van der Waals surface area contributed by atoms with Crippen LogP contribution >= 0.6 is 0 Å². The third kappa shape index (κ3) is 4.06. The van der Waals surface area contributed by atoms with Crippen molar-refractivity contribution < 1.29 is 9.90 Å². The molecular formula is C15H20N4O2. The zero-order valence-corrected chi connectivity index (χ0v) is 12.4. The van der Waals surface area contributed by atoms with E-state index in [-0.39, 0.29) is 6.03 Å². The molecule has 0 saturated carbocycles. The quantitative estimate of drug-likeness (QED) is 0.905. The predicted molar refractivity (Wildman–Crippen MR) is 80.8 cm³/mol. The number of amides is 2. The van der Waals surface area contributed by atoms with E-state index in [0.29, 0.717) is 12.2 Å². The molecular weight excluding hydrogens is 268 g/mol. The molecule has 112 valence electrons. The van der Waals surface area contributed by atoms with E-state index < -0.39 is 6.10 Å². The van der Waals surface area contributed by atoms with Crippen molar-refractivity contribution in [3.8, 4) is 0 Å². The maximum Gasteiger partial charge on any atom is 0.321 e. The van der Waals surface area contributed by atoms with Gasteiger partial charge in [0.25, 0.3) is 0 Å². The lowest BCUT2D eigenvalue weighted by Gasteiger charge is -2.17. The molecule has 0 fully saturated rings. The monoisotopic (exact) mass is 288 g/mol. The van der Waals surface area contributed by atoms with Gasteiger partial charge in [-0.1, -0.05) is 12.1 Å². The lowest BCUT2D eigenvalue weighted by molar-refractivity contribution is 0.199. The van der Waals surface area contributed by atoms with Gasteiger partial charge in [0.05, 0.1) is 18.8 Å². The van der Waals surface area contributed by atoms with Crippen molar-refractivity contribution in [2.75, 3.05) is 12.4 Å². The van der Waals surface area contributed by atoms with Gasteiger partial charge in [-0.3, -0.25) is 4.68 Å². The SMILES string of the molecule is CC(O)c1cccc(NC(=O)N(C)Cc2cnn(C)c2)c1. The number of anilines is 1. The first-order chi connectivity index (χ1) is 9.95. The van der Waals surface area contributed by atoms with Gasteiger partial charge in [0.15, 0.2) is 0 Å². The molecule has 0 aliphatic rings. The second kappa shape index (κ2) is 6.41. The number of carbonyl (C=O) groups excluding carboxylic acids is 1. The smallest absolute Gasteiger partial charge is 0.321 e. The number of hydrogen-bond donors (Lipinski definition) is 2. The van der Waals surface area contributed by atoms with Crippen molar-refractivity contribution in [2.45, 2.75) is 19.6 Å². The molecule has 0 radical (unpaired) electrons. The normalized spacial score (nSPS) is 12.0. The number of aryl methyl sites for hydroxylation is 1. The van der Waals surface area contributed by atoms with Gasteiger partial charge in [-0.05, 0) is 24.6 Å².